The second-order valence-electron chi connectivity index (χ2n) is 8.50. The highest BCUT2D eigenvalue weighted by molar-refractivity contribution is 6.33. The van der Waals surface area contributed by atoms with Crippen molar-refractivity contribution >= 4 is 17.2 Å². The van der Waals surface area contributed by atoms with Crippen LogP contribution in [0.25, 0.3) is 28.6 Å². The van der Waals surface area contributed by atoms with Gasteiger partial charge in [-0.1, -0.05) is 28.9 Å². The van der Waals surface area contributed by atoms with Crippen LogP contribution in [0.1, 0.15) is 30.4 Å². The van der Waals surface area contributed by atoms with Crippen LogP contribution in [0.15, 0.2) is 53.3 Å². The van der Waals surface area contributed by atoms with E-state index < -0.39 is 11.7 Å². The van der Waals surface area contributed by atoms with Crippen molar-refractivity contribution in [2.45, 2.75) is 32.4 Å². The van der Waals surface area contributed by atoms with Crippen molar-refractivity contribution in [3.63, 3.8) is 0 Å². The Morgan fingerprint density at radius 1 is 1.24 bits per heavy atom. The molecule has 1 aromatic carbocycles. The Morgan fingerprint density at radius 2 is 2.06 bits per heavy atom. The third-order valence-electron chi connectivity index (χ3n) is 5.87. The largest absolute Gasteiger partial charge is 0.493 e. The number of alkyl halides is 3. The maximum atomic E-state index is 13.1. The summed E-state index contributed by atoms with van der Waals surface area (Å²) in [4.78, 5) is 8.62. The van der Waals surface area contributed by atoms with Gasteiger partial charge in [-0.05, 0) is 61.9 Å². The topological polar surface area (TPSA) is 65.5 Å². The van der Waals surface area contributed by atoms with E-state index in [2.05, 4.69) is 21.7 Å². The molecule has 1 saturated carbocycles. The third-order valence-corrected chi connectivity index (χ3v) is 6.15. The fourth-order valence-corrected chi connectivity index (χ4v) is 4.34. The molecule has 1 fully saturated rings. The normalized spacial score (nSPS) is 16.5. The molecule has 0 amide bonds. The van der Waals surface area contributed by atoms with E-state index in [0.29, 0.717) is 18.3 Å². The molecular weight excluding hydrogens is 469 g/mol. The highest BCUT2D eigenvalue weighted by atomic mass is 35.5. The summed E-state index contributed by atoms with van der Waals surface area (Å²) in [5.74, 6) is 1.69. The van der Waals surface area contributed by atoms with Gasteiger partial charge in [-0.3, -0.25) is 0 Å². The monoisotopic (exact) mass is 488 g/mol. The van der Waals surface area contributed by atoms with Crippen LogP contribution in [0.5, 0.6) is 5.75 Å². The Labute approximate surface area is 198 Å². The van der Waals surface area contributed by atoms with Gasteiger partial charge in [0, 0.05) is 18.0 Å². The summed E-state index contributed by atoms with van der Waals surface area (Å²) in [6.45, 7) is 6.63. The van der Waals surface area contributed by atoms with Crippen LogP contribution >= 0.6 is 11.6 Å². The van der Waals surface area contributed by atoms with E-state index in [9.17, 15) is 13.2 Å². The highest BCUT2D eigenvalue weighted by Gasteiger charge is 2.32. The molecule has 34 heavy (non-hydrogen) atoms. The molecular formula is C24H20ClF3N4O2. The van der Waals surface area contributed by atoms with Gasteiger partial charge in [0.05, 0.1) is 17.2 Å². The lowest BCUT2D eigenvalue weighted by molar-refractivity contribution is -0.137. The van der Waals surface area contributed by atoms with Crippen molar-refractivity contribution in [1.29, 1.82) is 0 Å². The summed E-state index contributed by atoms with van der Waals surface area (Å²) >= 11 is 6.01. The molecule has 4 aromatic rings. The van der Waals surface area contributed by atoms with Gasteiger partial charge in [0.25, 0.3) is 5.89 Å². The number of hydrogen-bond acceptors (Lipinski definition) is 5. The predicted molar refractivity (Wildman–Crippen MR) is 121 cm³/mol. The molecule has 1 atom stereocenters. The first-order chi connectivity index (χ1) is 16.2. The zero-order chi connectivity index (χ0) is 24.0. The number of pyridine rings is 1. The number of hydrogen-bond donors (Lipinski definition) is 0. The van der Waals surface area contributed by atoms with E-state index in [-0.39, 0.29) is 22.3 Å². The number of imidazole rings is 1. The van der Waals surface area contributed by atoms with Gasteiger partial charge < -0.3 is 13.7 Å². The Morgan fingerprint density at radius 3 is 2.76 bits per heavy atom. The van der Waals surface area contributed by atoms with Gasteiger partial charge in [-0.2, -0.15) is 18.2 Å². The van der Waals surface area contributed by atoms with Gasteiger partial charge in [0.15, 0.2) is 5.65 Å². The van der Waals surface area contributed by atoms with Gasteiger partial charge >= 0.3 is 6.18 Å². The average Bonchev–Trinajstić information content (AvgIpc) is 3.51. The molecule has 0 saturated heterocycles. The first-order valence-electron chi connectivity index (χ1n) is 10.7. The summed E-state index contributed by atoms with van der Waals surface area (Å²) < 4.78 is 51.7. The first kappa shape index (κ1) is 22.5. The standard InChI is InChI=1S/C24H20ClF3N4O2/c1-13-3-4-15(7-13)12-33-20-6-5-16(8-14(20)2)21-30-23(34-31-21)19-11-32-10-17(24(26,27)28)9-18(25)22(32)29-19/h5-6,8-11,15H,1,3-4,7,12H2,2H3/t15-/m0/s1. The SMILES string of the molecule is C=C1CC[C@H](COc2ccc(-c3noc(-c4cn5cc(C(F)(F)F)cc(Cl)c5n4)n3)cc2C)C1. The van der Waals surface area contributed by atoms with Crippen molar-refractivity contribution in [3.05, 3.63) is 65.0 Å². The molecule has 0 aliphatic heterocycles. The molecule has 3 heterocycles. The first-order valence-corrected chi connectivity index (χ1v) is 11.0. The molecule has 1 aliphatic rings. The van der Waals surface area contributed by atoms with Gasteiger partial charge in [-0.25, -0.2) is 4.98 Å². The second kappa shape index (κ2) is 8.47. The summed E-state index contributed by atoms with van der Waals surface area (Å²) in [5.41, 5.74) is 2.43. The molecule has 0 radical (unpaired) electrons. The summed E-state index contributed by atoms with van der Waals surface area (Å²) in [6, 6.07) is 6.44. The zero-order valence-corrected chi connectivity index (χ0v) is 19.0. The second-order valence-corrected chi connectivity index (χ2v) is 8.91. The van der Waals surface area contributed by atoms with Crippen molar-refractivity contribution in [3.8, 4) is 28.7 Å². The molecule has 0 unspecified atom stereocenters. The van der Waals surface area contributed by atoms with E-state index in [1.165, 1.54) is 16.2 Å². The zero-order valence-electron chi connectivity index (χ0n) is 18.2. The van der Waals surface area contributed by atoms with Crippen LogP contribution in [0.3, 0.4) is 0 Å². The third kappa shape index (κ3) is 4.40. The fraction of sp³-hybridized carbons (Fsp3) is 0.292. The molecule has 176 valence electrons. The quantitative estimate of drug-likeness (QED) is 0.290. The number of rotatable bonds is 5. The minimum absolute atomic E-state index is 0.0720. The number of fused-ring (bicyclic) bond motifs is 1. The van der Waals surface area contributed by atoms with E-state index >= 15 is 0 Å². The maximum Gasteiger partial charge on any atom is 0.417 e. The van der Waals surface area contributed by atoms with Crippen LogP contribution in [-0.2, 0) is 6.18 Å². The summed E-state index contributed by atoms with van der Waals surface area (Å²) in [7, 11) is 0. The molecule has 0 N–H and O–H groups in total. The molecule has 6 nitrogen and oxygen atoms in total. The Balaban J connectivity index is 1.36. The molecule has 3 aromatic heterocycles. The number of ether oxygens (including phenoxy) is 1. The summed E-state index contributed by atoms with van der Waals surface area (Å²) in [6.07, 6.45) is 0.932. The molecule has 1 aliphatic carbocycles. The van der Waals surface area contributed by atoms with E-state index in [1.54, 1.807) is 0 Å². The molecule has 0 bridgehead atoms. The van der Waals surface area contributed by atoms with Crippen LogP contribution in [0, 0.1) is 12.8 Å². The van der Waals surface area contributed by atoms with Crippen molar-refractivity contribution < 1.29 is 22.4 Å². The maximum absolute atomic E-state index is 13.1. The van der Waals surface area contributed by atoms with Gasteiger partial charge in [0.1, 0.15) is 11.4 Å². The van der Waals surface area contributed by atoms with E-state index in [1.807, 2.05) is 25.1 Å². The number of aryl methyl sites for hydroxylation is 1. The van der Waals surface area contributed by atoms with Crippen LogP contribution in [0.4, 0.5) is 13.2 Å². The average molecular weight is 489 g/mol. The lowest BCUT2D eigenvalue weighted by Gasteiger charge is -2.13. The highest BCUT2D eigenvalue weighted by Crippen LogP contribution is 2.34. The minimum Gasteiger partial charge on any atom is -0.493 e. The van der Waals surface area contributed by atoms with Gasteiger partial charge in [0.2, 0.25) is 5.82 Å². The van der Waals surface area contributed by atoms with E-state index in [0.717, 1.165) is 48.4 Å². The fourth-order valence-electron chi connectivity index (χ4n) is 4.08. The number of allylic oxidation sites excluding steroid dienone is 1. The predicted octanol–water partition coefficient (Wildman–Crippen LogP) is 6.77. The number of halogens is 4. The minimum atomic E-state index is -4.53. The number of nitrogens with zero attached hydrogens (tertiary/aromatic N) is 4. The van der Waals surface area contributed by atoms with Crippen LogP contribution < -0.4 is 4.74 Å². The Bertz CT molecular complexity index is 1390. The smallest absolute Gasteiger partial charge is 0.417 e. The molecule has 0 spiro atoms. The van der Waals surface area contributed by atoms with Crippen molar-refractivity contribution in [2.24, 2.45) is 5.92 Å². The number of benzene rings is 1. The van der Waals surface area contributed by atoms with Gasteiger partial charge in [-0.15, -0.1) is 0 Å². The Hall–Kier alpha value is -3.33. The van der Waals surface area contributed by atoms with E-state index in [4.69, 9.17) is 20.9 Å². The summed E-state index contributed by atoms with van der Waals surface area (Å²) in [5, 5.41) is 3.87. The van der Waals surface area contributed by atoms with Crippen LogP contribution in [0.2, 0.25) is 5.02 Å². The molecule has 5 rings (SSSR count). The number of aromatic nitrogens is 4. The Kier molecular flexibility index (Phi) is 5.59. The lowest BCUT2D eigenvalue weighted by atomic mass is 10.1. The van der Waals surface area contributed by atoms with Crippen molar-refractivity contribution in [2.75, 3.05) is 6.61 Å². The molecule has 10 heteroatoms. The van der Waals surface area contributed by atoms with Crippen molar-refractivity contribution in [1.82, 2.24) is 19.5 Å². The lowest BCUT2D eigenvalue weighted by Crippen LogP contribution is -2.08. The van der Waals surface area contributed by atoms with Crippen LogP contribution in [-0.4, -0.2) is 26.1 Å².